The molecule has 39 heavy (non-hydrogen) atoms. The number of H-pyrrole nitrogens is 2. The van der Waals surface area contributed by atoms with Gasteiger partial charge in [0.15, 0.2) is 0 Å². The van der Waals surface area contributed by atoms with Gasteiger partial charge in [-0.15, -0.1) is 0 Å². The Morgan fingerprint density at radius 2 is 1.44 bits per heavy atom. The van der Waals surface area contributed by atoms with Crippen molar-refractivity contribution in [2.45, 2.75) is 19.3 Å². The summed E-state index contributed by atoms with van der Waals surface area (Å²) >= 11 is 11.9. The lowest BCUT2D eigenvalue weighted by Gasteiger charge is -2.21. The molecule has 0 fully saturated rings. The van der Waals surface area contributed by atoms with Crippen LogP contribution in [0.5, 0.6) is 0 Å². The molecule has 0 saturated carbocycles. The highest BCUT2D eigenvalue weighted by Gasteiger charge is 2.24. The first-order chi connectivity index (χ1) is 18.8. The van der Waals surface area contributed by atoms with Crippen molar-refractivity contribution >= 4 is 51.7 Å². The van der Waals surface area contributed by atoms with Crippen LogP contribution < -0.4 is 10.6 Å². The lowest BCUT2D eigenvalue weighted by atomic mass is 9.94. The largest absolute Gasteiger partial charge is 0.332 e. The van der Waals surface area contributed by atoms with Crippen molar-refractivity contribution < 1.29 is 9.59 Å². The first-order valence-electron chi connectivity index (χ1n) is 12.3. The molecule has 3 aromatic carbocycles. The molecule has 0 radical (unpaired) electrons. The van der Waals surface area contributed by atoms with Crippen LogP contribution in [0.2, 0.25) is 10.6 Å². The van der Waals surface area contributed by atoms with Crippen molar-refractivity contribution in [2.24, 2.45) is 0 Å². The van der Waals surface area contributed by atoms with E-state index in [-0.39, 0.29) is 17.7 Å². The van der Waals surface area contributed by atoms with Gasteiger partial charge in [0.05, 0.1) is 16.7 Å². The third kappa shape index (κ3) is 5.04. The van der Waals surface area contributed by atoms with Gasteiger partial charge in [-0.05, 0) is 76.8 Å². The van der Waals surface area contributed by atoms with Crippen LogP contribution in [0.15, 0.2) is 78.5 Å². The van der Waals surface area contributed by atoms with Crippen molar-refractivity contribution in [1.82, 2.24) is 25.3 Å². The summed E-state index contributed by atoms with van der Waals surface area (Å²) in [7, 11) is 0. The maximum absolute atomic E-state index is 12.9. The van der Waals surface area contributed by atoms with E-state index in [0.717, 1.165) is 39.2 Å². The second-order valence-corrected chi connectivity index (χ2v) is 10.0. The number of nitrogens with one attached hydrogen (secondary N) is 4. The SMILES string of the molecule is CC1C(NC(=O)c2ccc(-c3ccc(C(=O)Nc4ccc5nc(Cl)[nH]c5c4)cc3)cc2)=CCc2[nH]c(Cl)nc21. The number of rotatable bonds is 5. The minimum absolute atomic E-state index is 0.0664. The summed E-state index contributed by atoms with van der Waals surface area (Å²) < 4.78 is 0. The van der Waals surface area contributed by atoms with E-state index in [1.807, 2.05) is 37.3 Å². The van der Waals surface area contributed by atoms with Crippen molar-refractivity contribution in [3.8, 4) is 11.1 Å². The van der Waals surface area contributed by atoms with Crippen LogP contribution in [0.25, 0.3) is 22.2 Å². The number of aromatic nitrogens is 4. The van der Waals surface area contributed by atoms with Gasteiger partial charge in [-0.2, -0.15) is 0 Å². The summed E-state index contributed by atoms with van der Waals surface area (Å²) in [6.45, 7) is 1.99. The number of benzene rings is 3. The lowest BCUT2D eigenvalue weighted by molar-refractivity contribution is 0.0962. The normalized spacial score (nSPS) is 14.5. The molecule has 194 valence electrons. The number of hydrogen-bond donors (Lipinski definition) is 4. The molecular formula is C29H22Cl2N6O2. The Morgan fingerprint density at radius 3 is 2.10 bits per heavy atom. The average Bonchev–Trinajstić information content (AvgIpc) is 3.51. The molecule has 5 aromatic rings. The van der Waals surface area contributed by atoms with Crippen LogP contribution in [0.4, 0.5) is 5.69 Å². The topological polar surface area (TPSA) is 116 Å². The van der Waals surface area contributed by atoms with Gasteiger partial charge >= 0.3 is 0 Å². The number of carbonyl (C=O) groups is 2. The van der Waals surface area contributed by atoms with Crippen molar-refractivity contribution in [3.05, 3.63) is 112 Å². The average molecular weight is 557 g/mol. The van der Waals surface area contributed by atoms with E-state index in [9.17, 15) is 9.59 Å². The summed E-state index contributed by atoms with van der Waals surface area (Å²) in [5, 5.41) is 6.56. The zero-order chi connectivity index (χ0) is 27.1. The predicted molar refractivity (Wildman–Crippen MR) is 152 cm³/mol. The number of allylic oxidation sites excluding steroid dienone is 2. The van der Waals surface area contributed by atoms with Crippen LogP contribution in [0.1, 0.15) is 44.9 Å². The molecule has 1 aliphatic rings. The molecule has 8 nitrogen and oxygen atoms in total. The fourth-order valence-electron chi connectivity index (χ4n) is 4.69. The third-order valence-corrected chi connectivity index (χ3v) is 7.14. The van der Waals surface area contributed by atoms with E-state index in [4.69, 9.17) is 23.2 Å². The smallest absolute Gasteiger partial charge is 0.255 e. The van der Waals surface area contributed by atoms with Crippen molar-refractivity contribution in [1.29, 1.82) is 0 Å². The number of anilines is 1. The highest BCUT2D eigenvalue weighted by atomic mass is 35.5. The van der Waals surface area contributed by atoms with Crippen LogP contribution in [0.3, 0.4) is 0 Å². The lowest BCUT2D eigenvalue weighted by Crippen LogP contribution is -2.27. The molecule has 0 spiro atoms. The second-order valence-electron chi connectivity index (χ2n) is 9.30. The number of carbonyl (C=O) groups excluding carboxylic acids is 2. The Hall–Kier alpha value is -4.40. The Kier molecular flexibility index (Phi) is 6.42. The molecule has 0 aliphatic heterocycles. The first-order valence-corrected chi connectivity index (χ1v) is 13.0. The molecule has 1 atom stereocenters. The molecule has 10 heteroatoms. The molecule has 1 unspecified atom stereocenters. The number of aromatic amines is 2. The van der Waals surface area contributed by atoms with Crippen molar-refractivity contribution in [3.63, 3.8) is 0 Å². The summed E-state index contributed by atoms with van der Waals surface area (Å²) in [5.41, 5.74) is 7.67. The van der Waals surface area contributed by atoms with E-state index in [1.54, 1.807) is 42.5 Å². The Balaban J connectivity index is 1.10. The minimum Gasteiger partial charge on any atom is -0.332 e. The van der Waals surface area contributed by atoms with Crippen LogP contribution in [0, 0.1) is 0 Å². The zero-order valence-corrected chi connectivity index (χ0v) is 22.2. The molecule has 4 N–H and O–H groups in total. The fourth-order valence-corrected chi connectivity index (χ4v) is 5.09. The Labute approximate surface area is 233 Å². The van der Waals surface area contributed by atoms with Gasteiger partial charge in [0.2, 0.25) is 10.6 Å². The molecule has 1 aliphatic carbocycles. The maximum Gasteiger partial charge on any atom is 0.255 e. The fraction of sp³-hybridized carbons (Fsp3) is 0.103. The van der Waals surface area contributed by atoms with E-state index >= 15 is 0 Å². The highest BCUT2D eigenvalue weighted by molar-refractivity contribution is 6.29. The van der Waals surface area contributed by atoms with E-state index in [2.05, 4.69) is 30.6 Å². The molecule has 0 saturated heterocycles. The minimum atomic E-state index is -0.228. The molecule has 2 aromatic heterocycles. The number of imidazole rings is 2. The number of nitrogens with zero attached hydrogens (tertiary/aromatic N) is 2. The Morgan fingerprint density at radius 1 is 0.821 bits per heavy atom. The molecule has 0 bridgehead atoms. The van der Waals surface area contributed by atoms with Crippen molar-refractivity contribution in [2.75, 3.05) is 5.32 Å². The molecule has 6 rings (SSSR count). The van der Waals surface area contributed by atoms with E-state index in [1.165, 1.54) is 0 Å². The number of fused-ring (bicyclic) bond motifs is 2. The third-order valence-electron chi connectivity index (χ3n) is 6.78. The standard InChI is InChI=1S/C29H22Cl2N6O2/c1-15-21(12-13-23-25(15)37-29(31)35-23)33-27(39)19-8-4-17(5-9-19)16-2-6-18(7-3-16)26(38)32-20-10-11-22-24(14-20)36-28(30)34-22/h2-12,14-15H,13H2,1H3,(H,32,38)(H,33,39)(H,34,36)(H,35,37). The monoisotopic (exact) mass is 556 g/mol. The predicted octanol–water partition coefficient (Wildman–Crippen LogP) is 6.49. The number of hydrogen-bond acceptors (Lipinski definition) is 4. The molecule has 2 heterocycles. The summed E-state index contributed by atoms with van der Waals surface area (Å²) in [5.74, 6) is -0.482. The van der Waals surface area contributed by atoms with Gasteiger partial charge < -0.3 is 20.6 Å². The second kappa shape index (κ2) is 10.1. The number of halogens is 2. The van der Waals surface area contributed by atoms with Crippen LogP contribution >= 0.6 is 23.2 Å². The van der Waals surface area contributed by atoms with Gasteiger partial charge in [0, 0.05) is 40.5 Å². The molecule has 2 amide bonds. The summed E-state index contributed by atoms with van der Waals surface area (Å²) in [6, 6.07) is 20.0. The number of amides is 2. The first kappa shape index (κ1) is 24.9. The zero-order valence-electron chi connectivity index (χ0n) is 20.7. The van der Waals surface area contributed by atoms with Gasteiger partial charge in [0.25, 0.3) is 11.8 Å². The quantitative estimate of drug-likeness (QED) is 0.198. The molecular weight excluding hydrogens is 535 g/mol. The summed E-state index contributed by atoms with van der Waals surface area (Å²) in [4.78, 5) is 40.1. The van der Waals surface area contributed by atoms with Gasteiger partial charge in [-0.1, -0.05) is 37.3 Å². The van der Waals surface area contributed by atoms with Gasteiger partial charge in [-0.25, -0.2) is 9.97 Å². The Bertz CT molecular complexity index is 1750. The van der Waals surface area contributed by atoms with Gasteiger partial charge in [-0.3, -0.25) is 9.59 Å². The van der Waals surface area contributed by atoms with Crippen LogP contribution in [-0.4, -0.2) is 31.8 Å². The van der Waals surface area contributed by atoms with Crippen LogP contribution in [-0.2, 0) is 6.42 Å². The highest BCUT2D eigenvalue weighted by Crippen LogP contribution is 2.30. The maximum atomic E-state index is 12.9. The van der Waals surface area contributed by atoms with Gasteiger partial charge in [0.1, 0.15) is 0 Å². The van der Waals surface area contributed by atoms with E-state index < -0.39 is 0 Å². The van der Waals surface area contributed by atoms with E-state index in [0.29, 0.717) is 33.8 Å². The summed E-state index contributed by atoms with van der Waals surface area (Å²) in [6.07, 6.45) is 2.62.